The van der Waals surface area contributed by atoms with Crippen LogP contribution in [0.15, 0.2) is 0 Å². The zero-order chi connectivity index (χ0) is 11.6. The van der Waals surface area contributed by atoms with Crippen molar-refractivity contribution < 1.29 is 5.11 Å². The molecule has 0 aliphatic carbocycles. The average Bonchev–Trinajstić information content (AvgIpc) is 1.99. The summed E-state index contributed by atoms with van der Waals surface area (Å²) in [6.45, 7) is 12.4. The van der Waals surface area contributed by atoms with Crippen molar-refractivity contribution in [3.05, 3.63) is 0 Å². The van der Waals surface area contributed by atoms with Crippen molar-refractivity contribution in [2.45, 2.75) is 71.6 Å². The highest BCUT2D eigenvalue weighted by Crippen LogP contribution is 2.29. The third kappa shape index (κ3) is 3.76. The van der Waals surface area contributed by atoms with Crippen molar-refractivity contribution in [1.29, 1.82) is 0 Å². The smallest absolute Gasteiger partial charge is 0.0567 e. The van der Waals surface area contributed by atoms with Gasteiger partial charge < -0.3 is 5.11 Å². The van der Waals surface area contributed by atoms with Crippen LogP contribution in [-0.2, 0) is 0 Å². The average molecular weight is 213 g/mol. The molecule has 0 aromatic rings. The minimum Gasteiger partial charge on any atom is -0.393 e. The lowest BCUT2D eigenvalue weighted by Gasteiger charge is -2.46. The molecular formula is C13H27NO. The highest BCUT2D eigenvalue weighted by atomic mass is 16.3. The van der Waals surface area contributed by atoms with Gasteiger partial charge in [-0.1, -0.05) is 13.8 Å². The maximum absolute atomic E-state index is 9.75. The Labute approximate surface area is 94.7 Å². The molecule has 1 aliphatic heterocycles. The number of rotatable bonds is 2. The molecule has 1 fully saturated rings. The fraction of sp³-hybridized carbons (Fsp3) is 1.00. The van der Waals surface area contributed by atoms with Gasteiger partial charge in [0.2, 0.25) is 0 Å². The van der Waals surface area contributed by atoms with E-state index in [0.717, 1.165) is 19.4 Å². The molecule has 2 unspecified atom stereocenters. The summed E-state index contributed by atoms with van der Waals surface area (Å²) in [6, 6.07) is 0.564. The summed E-state index contributed by atoms with van der Waals surface area (Å²) in [4.78, 5) is 2.57. The largest absolute Gasteiger partial charge is 0.393 e. The summed E-state index contributed by atoms with van der Waals surface area (Å²) >= 11 is 0. The van der Waals surface area contributed by atoms with E-state index in [-0.39, 0.29) is 11.6 Å². The Balaban J connectivity index is 2.66. The van der Waals surface area contributed by atoms with Gasteiger partial charge in [-0.15, -0.1) is 0 Å². The first kappa shape index (κ1) is 13.0. The Morgan fingerprint density at radius 3 is 2.40 bits per heavy atom. The van der Waals surface area contributed by atoms with E-state index in [1.807, 2.05) is 0 Å². The quantitative estimate of drug-likeness (QED) is 0.762. The Hall–Kier alpha value is -0.0800. The minimum atomic E-state index is -0.0765. The molecule has 0 aromatic heterocycles. The lowest BCUT2D eigenvalue weighted by molar-refractivity contribution is -0.0141. The molecule has 2 heteroatoms. The Morgan fingerprint density at radius 1 is 1.33 bits per heavy atom. The zero-order valence-electron chi connectivity index (χ0n) is 11.0. The van der Waals surface area contributed by atoms with Gasteiger partial charge >= 0.3 is 0 Å². The third-order valence-electron chi connectivity index (χ3n) is 3.29. The summed E-state index contributed by atoms with van der Waals surface area (Å²) in [5, 5.41) is 9.75. The fourth-order valence-electron chi connectivity index (χ4n) is 2.68. The molecule has 0 bridgehead atoms. The van der Waals surface area contributed by atoms with Crippen molar-refractivity contribution in [3.8, 4) is 0 Å². The monoisotopic (exact) mass is 213 g/mol. The van der Waals surface area contributed by atoms with E-state index in [2.05, 4.69) is 39.5 Å². The molecule has 1 rings (SSSR count). The van der Waals surface area contributed by atoms with E-state index in [9.17, 15) is 5.11 Å². The van der Waals surface area contributed by atoms with E-state index < -0.39 is 0 Å². The minimum absolute atomic E-state index is 0.0765. The molecule has 0 spiro atoms. The van der Waals surface area contributed by atoms with Crippen LogP contribution in [0, 0.1) is 5.92 Å². The summed E-state index contributed by atoms with van der Waals surface area (Å²) in [5.74, 6) is 0.713. The maximum Gasteiger partial charge on any atom is 0.0567 e. The number of piperidine rings is 1. The number of hydrogen-bond donors (Lipinski definition) is 1. The molecule has 1 aliphatic rings. The van der Waals surface area contributed by atoms with Gasteiger partial charge in [0.05, 0.1) is 6.10 Å². The van der Waals surface area contributed by atoms with Crippen LogP contribution in [0.25, 0.3) is 0 Å². The highest BCUT2D eigenvalue weighted by molar-refractivity contribution is 4.89. The normalized spacial score (nSPS) is 29.8. The second kappa shape index (κ2) is 4.84. The van der Waals surface area contributed by atoms with E-state index in [1.54, 1.807) is 0 Å². The van der Waals surface area contributed by atoms with Crippen molar-refractivity contribution in [1.82, 2.24) is 4.90 Å². The van der Waals surface area contributed by atoms with Crippen molar-refractivity contribution in [3.63, 3.8) is 0 Å². The lowest BCUT2D eigenvalue weighted by atomic mass is 9.88. The number of aliphatic hydroxyl groups is 1. The molecule has 0 radical (unpaired) electrons. The molecular weight excluding hydrogens is 186 g/mol. The first-order chi connectivity index (χ1) is 6.80. The predicted octanol–water partition coefficient (Wildman–Crippen LogP) is 2.66. The highest BCUT2D eigenvalue weighted by Gasteiger charge is 2.34. The van der Waals surface area contributed by atoms with Gasteiger partial charge in [-0.2, -0.15) is 0 Å². The van der Waals surface area contributed by atoms with Gasteiger partial charge in [0.1, 0.15) is 0 Å². The molecule has 1 N–H and O–H groups in total. The Kier molecular flexibility index (Phi) is 4.19. The van der Waals surface area contributed by atoms with Crippen molar-refractivity contribution in [2.75, 3.05) is 6.54 Å². The van der Waals surface area contributed by atoms with Crippen molar-refractivity contribution >= 4 is 0 Å². The van der Waals surface area contributed by atoms with Gasteiger partial charge in [0.25, 0.3) is 0 Å². The molecule has 0 aromatic carbocycles. The lowest BCUT2D eigenvalue weighted by Crippen LogP contribution is -2.53. The van der Waals surface area contributed by atoms with Crippen LogP contribution in [0.4, 0.5) is 0 Å². The predicted molar refractivity (Wildman–Crippen MR) is 64.9 cm³/mol. The summed E-state index contributed by atoms with van der Waals surface area (Å²) in [7, 11) is 0. The Morgan fingerprint density at radius 2 is 1.93 bits per heavy atom. The molecule has 1 heterocycles. The van der Waals surface area contributed by atoms with Crippen LogP contribution < -0.4 is 0 Å². The van der Waals surface area contributed by atoms with E-state index in [4.69, 9.17) is 0 Å². The number of hydrogen-bond acceptors (Lipinski definition) is 2. The topological polar surface area (TPSA) is 23.5 Å². The molecule has 2 atom stereocenters. The number of likely N-dealkylation sites (tertiary alicyclic amines) is 1. The van der Waals surface area contributed by atoms with Crippen LogP contribution in [-0.4, -0.2) is 34.2 Å². The number of nitrogens with zero attached hydrogens (tertiary/aromatic N) is 1. The standard InChI is InChI=1S/C13H27NO/c1-10(2)8-11-9-12(15)6-7-14(11)13(3,4)5/h10-12,15H,6-9H2,1-5H3. The first-order valence-electron chi connectivity index (χ1n) is 6.25. The van der Waals surface area contributed by atoms with Gasteiger partial charge in [-0.3, -0.25) is 4.90 Å². The van der Waals surface area contributed by atoms with Crippen LogP contribution in [0.1, 0.15) is 53.9 Å². The second-order valence-electron chi connectivity index (χ2n) is 6.33. The summed E-state index contributed by atoms with van der Waals surface area (Å²) < 4.78 is 0. The van der Waals surface area contributed by atoms with Crippen LogP contribution in [0.3, 0.4) is 0 Å². The van der Waals surface area contributed by atoms with Gasteiger partial charge in [-0.05, 0) is 46.0 Å². The third-order valence-corrected chi connectivity index (χ3v) is 3.29. The second-order valence-corrected chi connectivity index (χ2v) is 6.33. The van der Waals surface area contributed by atoms with Gasteiger partial charge in [0, 0.05) is 18.1 Å². The number of aliphatic hydroxyl groups excluding tert-OH is 1. The fourth-order valence-corrected chi connectivity index (χ4v) is 2.68. The van der Waals surface area contributed by atoms with E-state index >= 15 is 0 Å². The molecule has 90 valence electrons. The molecule has 0 saturated carbocycles. The molecule has 2 nitrogen and oxygen atoms in total. The van der Waals surface area contributed by atoms with E-state index in [1.165, 1.54) is 6.42 Å². The first-order valence-corrected chi connectivity index (χ1v) is 6.25. The van der Waals surface area contributed by atoms with Crippen LogP contribution >= 0.6 is 0 Å². The van der Waals surface area contributed by atoms with E-state index in [0.29, 0.717) is 12.0 Å². The molecule has 1 saturated heterocycles. The summed E-state index contributed by atoms with van der Waals surface area (Å²) in [6.07, 6.45) is 3.02. The molecule has 15 heavy (non-hydrogen) atoms. The summed E-state index contributed by atoms with van der Waals surface area (Å²) in [5.41, 5.74) is 0.236. The van der Waals surface area contributed by atoms with Crippen molar-refractivity contribution in [2.24, 2.45) is 5.92 Å². The zero-order valence-corrected chi connectivity index (χ0v) is 11.0. The maximum atomic E-state index is 9.75. The Bertz CT molecular complexity index is 193. The van der Waals surface area contributed by atoms with Gasteiger partial charge in [-0.25, -0.2) is 0 Å². The van der Waals surface area contributed by atoms with Crippen LogP contribution in [0.2, 0.25) is 0 Å². The van der Waals surface area contributed by atoms with Crippen LogP contribution in [0.5, 0.6) is 0 Å². The molecule has 0 amide bonds. The SMILES string of the molecule is CC(C)CC1CC(O)CCN1C(C)(C)C. The van der Waals surface area contributed by atoms with Gasteiger partial charge in [0.15, 0.2) is 0 Å².